The van der Waals surface area contributed by atoms with Crippen LogP contribution in [0.2, 0.25) is 0 Å². The molecule has 0 aliphatic heterocycles. The summed E-state index contributed by atoms with van der Waals surface area (Å²) in [7, 11) is 3.15. The summed E-state index contributed by atoms with van der Waals surface area (Å²) in [6, 6.07) is 2.60. The molecule has 1 aromatic rings. The Hall–Kier alpha value is -1.33. The van der Waals surface area contributed by atoms with Crippen molar-refractivity contribution < 1.29 is 9.53 Å². The van der Waals surface area contributed by atoms with Gasteiger partial charge in [0.05, 0.1) is 12.6 Å². The maximum absolute atomic E-state index is 11.8. The van der Waals surface area contributed by atoms with Crippen LogP contribution >= 0.6 is 11.6 Å². The van der Waals surface area contributed by atoms with E-state index in [9.17, 15) is 9.59 Å². The standard InChI is InChI=1S/C11H15ClN2O3/c1-14-4-3-8(5-10(14)15)11(16)13-9(6-12)7-17-2/h3-5,9H,6-7H2,1-2H3,(H,13,16). The molecule has 1 amide bonds. The molecule has 0 fully saturated rings. The van der Waals surface area contributed by atoms with Crippen LogP contribution in [0.3, 0.4) is 0 Å². The monoisotopic (exact) mass is 258 g/mol. The molecule has 1 N–H and O–H groups in total. The number of carbonyl (C=O) groups is 1. The van der Waals surface area contributed by atoms with E-state index in [1.165, 1.54) is 17.7 Å². The van der Waals surface area contributed by atoms with Crippen LogP contribution in [-0.2, 0) is 11.8 Å². The quantitative estimate of drug-likeness (QED) is 0.777. The van der Waals surface area contributed by atoms with Crippen LogP contribution in [0.5, 0.6) is 0 Å². The predicted octanol–water partition coefficient (Wildman–Crippen LogP) is 0.369. The molecule has 1 atom stereocenters. The number of carbonyl (C=O) groups excluding carboxylic acids is 1. The summed E-state index contributed by atoms with van der Waals surface area (Å²) in [5.41, 5.74) is 0.0890. The Morgan fingerprint density at radius 2 is 2.35 bits per heavy atom. The van der Waals surface area contributed by atoms with Crippen molar-refractivity contribution in [2.45, 2.75) is 6.04 Å². The molecule has 0 saturated carbocycles. The maximum atomic E-state index is 11.8. The molecule has 0 aliphatic rings. The highest BCUT2D eigenvalue weighted by atomic mass is 35.5. The molecule has 1 aromatic heterocycles. The first-order chi connectivity index (χ1) is 8.08. The van der Waals surface area contributed by atoms with Gasteiger partial charge >= 0.3 is 0 Å². The van der Waals surface area contributed by atoms with Gasteiger partial charge in [-0.15, -0.1) is 11.6 Å². The minimum Gasteiger partial charge on any atom is -0.383 e. The number of pyridine rings is 1. The zero-order valence-corrected chi connectivity index (χ0v) is 10.5. The fraction of sp³-hybridized carbons (Fsp3) is 0.455. The van der Waals surface area contributed by atoms with Crippen molar-refractivity contribution in [1.29, 1.82) is 0 Å². The number of aryl methyl sites for hydroxylation is 1. The number of nitrogens with zero attached hydrogens (tertiary/aromatic N) is 1. The van der Waals surface area contributed by atoms with Gasteiger partial charge in [-0.2, -0.15) is 0 Å². The number of alkyl halides is 1. The lowest BCUT2D eigenvalue weighted by atomic mass is 10.2. The molecule has 1 rings (SSSR count). The first-order valence-corrected chi connectivity index (χ1v) is 5.64. The summed E-state index contributed by atoms with van der Waals surface area (Å²) in [5.74, 6) is -0.0739. The van der Waals surface area contributed by atoms with Gasteiger partial charge in [0, 0.05) is 37.9 Å². The number of amides is 1. The molecular weight excluding hydrogens is 244 g/mol. The molecule has 0 radical (unpaired) electrons. The number of rotatable bonds is 5. The van der Waals surface area contributed by atoms with Crippen molar-refractivity contribution in [3.8, 4) is 0 Å². The summed E-state index contributed by atoms with van der Waals surface area (Å²) in [4.78, 5) is 23.1. The van der Waals surface area contributed by atoms with Crippen LogP contribution < -0.4 is 10.9 Å². The zero-order chi connectivity index (χ0) is 12.8. The van der Waals surface area contributed by atoms with Crippen LogP contribution in [0.25, 0.3) is 0 Å². The van der Waals surface area contributed by atoms with Crippen LogP contribution in [0.4, 0.5) is 0 Å². The lowest BCUT2D eigenvalue weighted by molar-refractivity contribution is 0.0906. The Balaban J connectivity index is 2.75. The molecule has 1 heterocycles. The molecule has 0 spiro atoms. The SMILES string of the molecule is COCC(CCl)NC(=O)c1ccn(C)c(=O)c1. The minimum atomic E-state index is -0.328. The number of aromatic nitrogens is 1. The fourth-order valence-electron chi connectivity index (χ4n) is 1.28. The lowest BCUT2D eigenvalue weighted by Crippen LogP contribution is -2.39. The van der Waals surface area contributed by atoms with Crippen LogP contribution in [0.1, 0.15) is 10.4 Å². The highest BCUT2D eigenvalue weighted by Gasteiger charge is 2.13. The summed E-state index contributed by atoms with van der Waals surface area (Å²) < 4.78 is 6.30. The molecule has 0 aromatic carbocycles. The zero-order valence-electron chi connectivity index (χ0n) is 9.77. The Morgan fingerprint density at radius 1 is 1.65 bits per heavy atom. The van der Waals surface area contributed by atoms with Crippen LogP contribution in [0, 0.1) is 0 Å². The highest BCUT2D eigenvalue weighted by molar-refractivity contribution is 6.18. The maximum Gasteiger partial charge on any atom is 0.251 e. The normalized spacial score (nSPS) is 12.2. The van der Waals surface area contributed by atoms with Crippen LogP contribution in [-0.4, -0.2) is 36.1 Å². The Bertz CT molecular complexity index is 445. The van der Waals surface area contributed by atoms with Gasteiger partial charge in [0.2, 0.25) is 0 Å². The average molecular weight is 259 g/mol. The van der Waals surface area contributed by atoms with Gasteiger partial charge in [0.1, 0.15) is 0 Å². The molecule has 94 valence electrons. The third kappa shape index (κ3) is 3.87. The molecule has 6 heteroatoms. The molecular formula is C11H15ClN2O3. The van der Waals surface area contributed by atoms with Crippen LogP contribution in [0.15, 0.2) is 23.1 Å². The summed E-state index contributed by atoms with van der Waals surface area (Å²) >= 11 is 5.67. The Kier molecular flexibility index (Phi) is 5.18. The number of methoxy groups -OCH3 is 1. The molecule has 5 nitrogen and oxygen atoms in total. The topological polar surface area (TPSA) is 60.3 Å². The minimum absolute atomic E-state index is 0.230. The van der Waals surface area contributed by atoms with Crippen molar-refractivity contribution in [3.05, 3.63) is 34.2 Å². The summed E-state index contributed by atoms with van der Waals surface area (Å²) in [6.07, 6.45) is 1.54. The third-order valence-corrected chi connectivity index (χ3v) is 2.63. The van der Waals surface area contributed by atoms with Gasteiger partial charge in [0.25, 0.3) is 11.5 Å². The summed E-state index contributed by atoms with van der Waals surface area (Å²) in [6.45, 7) is 0.333. The van der Waals surface area contributed by atoms with E-state index in [0.717, 1.165) is 0 Å². The van der Waals surface area contributed by atoms with E-state index in [0.29, 0.717) is 12.2 Å². The molecule has 17 heavy (non-hydrogen) atoms. The van der Waals surface area contributed by atoms with Gasteiger partial charge in [-0.25, -0.2) is 0 Å². The van der Waals surface area contributed by atoms with Crippen molar-refractivity contribution in [1.82, 2.24) is 9.88 Å². The molecule has 1 unspecified atom stereocenters. The van der Waals surface area contributed by atoms with Gasteiger partial charge in [-0.1, -0.05) is 0 Å². The van der Waals surface area contributed by atoms with Crippen molar-refractivity contribution in [3.63, 3.8) is 0 Å². The summed E-state index contributed by atoms with van der Waals surface area (Å²) in [5, 5.41) is 2.69. The second kappa shape index (κ2) is 6.42. The Morgan fingerprint density at radius 3 is 2.88 bits per heavy atom. The number of hydrogen-bond acceptors (Lipinski definition) is 3. The highest BCUT2D eigenvalue weighted by Crippen LogP contribution is 1.97. The molecule has 0 aliphatic carbocycles. The molecule has 0 saturated heterocycles. The van der Waals surface area contributed by atoms with Gasteiger partial charge in [0.15, 0.2) is 0 Å². The van der Waals surface area contributed by atoms with Gasteiger partial charge < -0.3 is 14.6 Å². The number of halogens is 1. The van der Waals surface area contributed by atoms with E-state index in [4.69, 9.17) is 16.3 Å². The van der Waals surface area contributed by atoms with Gasteiger partial charge in [-0.3, -0.25) is 9.59 Å². The number of hydrogen-bond donors (Lipinski definition) is 1. The van der Waals surface area contributed by atoms with E-state index >= 15 is 0 Å². The van der Waals surface area contributed by atoms with E-state index in [1.54, 1.807) is 19.3 Å². The third-order valence-electron chi connectivity index (χ3n) is 2.26. The Labute approximate surface area is 104 Å². The van der Waals surface area contributed by atoms with Crippen molar-refractivity contribution in [2.75, 3.05) is 19.6 Å². The number of ether oxygens (including phenoxy) is 1. The second-order valence-electron chi connectivity index (χ2n) is 3.64. The van der Waals surface area contributed by atoms with E-state index in [1.807, 2.05) is 0 Å². The smallest absolute Gasteiger partial charge is 0.251 e. The molecule has 0 bridgehead atoms. The average Bonchev–Trinajstić information content (AvgIpc) is 2.31. The van der Waals surface area contributed by atoms with E-state index < -0.39 is 0 Å². The first-order valence-electron chi connectivity index (χ1n) is 5.11. The second-order valence-corrected chi connectivity index (χ2v) is 3.95. The largest absolute Gasteiger partial charge is 0.383 e. The number of nitrogens with one attached hydrogen (secondary N) is 1. The van der Waals surface area contributed by atoms with Gasteiger partial charge in [-0.05, 0) is 6.07 Å². The van der Waals surface area contributed by atoms with Crippen molar-refractivity contribution >= 4 is 17.5 Å². The van der Waals surface area contributed by atoms with E-state index in [-0.39, 0.29) is 23.4 Å². The van der Waals surface area contributed by atoms with E-state index in [2.05, 4.69) is 5.32 Å². The van der Waals surface area contributed by atoms with Crippen molar-refractivity contribution in [2.24, 2.45) is 7.05 Å². The predicted molar refractivity (Wildman–Crippen MR) is 65.5 cm³/mol. The first kappa shape index (κ1) is 13.7. The fourth-order valence-corrected chi connectivity index (χ4v) is 1.45. The lowest BCUT2D eigenvalue weighted by Gasteiger charge is -2.14.